The molecule has 0 atom stereocenters. The van der Waals surface area contributed by atoms with Crippen LogP contribution in [0.2, 0.25) is 10.6 Å². The summed E-state index contributed by atoms with van der Waals surface area (Å²) in [6, 6.07) is 4.00. The molecule has 0 bridgehead atoms. The van der Waals surface area contributed by atoms with Gasteiger partial charge in [-0.15, -0.1) is 0 Å². The first kappa shape index (κ1) is 13.5. The van der Waals surface area contributed by atoms with E-state index in [9.17, 15) is 0 Å². The van der Waals surface area contributed by atoms with Gasteiger partial charge in [0.2, 0.25) is 16.5 Å². The fraction of sp³-hybridized carbons (Fsp3) is 0.182. The van der Waals surface area contributed by atoms with Crippen LogP contribution >= 0.6 is 39.1 Å². The molecule has 4 nitrogen and oxygen atoms in total. The van der Waals surface area contributed by atoms with Gasteiger partial charge in [0.05, 0.1) is 0 Å². The summed E-state index contributed by atoms with van der Waals surface area (Å²) in [4.78, 5) is 11.6. The largest absolute Gasteiger partial charge is 0.324 e. The van der Waals surface area contributed by atoms with Crippen LogP contribution in [0.5, 0.6) is 0 Å². The Labute approximate surface area is 123 Å². The number of rotatable bonds is 2. The molecule has 1 heterocycles. The first-order chi connectivity index (χ1) is 8.45. The monoisotopic (exact) mass is 346 g/mol. The summed E-state index contributed by atoms with van der Waals surface area (Å²) in [5.74, 6) is 0.327. The zero-order valence-electron chi connectivity index (χ0n) is 9.63. The van der Waals surface area contributed by atoms with Gasteiger partial charge in [-0.1, -0.05) is 15.9 Å². The van der Waals surface area contributed by atoms with Crippen LogP contribution in [0.1, 0.15) is 11.1 Å². The molecule has 0 aliphatic heterocycles. The third-order valence-electron chi connectivity index (χ3n) is 2.32. The number of halogens is 3. The maximum atomic E-state index is 5.73. The molecule has 1 aromatic carbocycles. The molecule has 1 aromatic heterocycles. The molecule has 0 amide bonds. The summed E-state index contributed by atoms with van der Waals surface area (Å²) in [6.07, 6.45) is 0. The molecule has 2 aromatic rings. The van der Waals surface area contributed by atoms with E-state index in [0.717, 1.165) is 21.3 Å². The fourth-order valence-electron chi connectivity index (χ4n) is 1.60. The number of benzene rings is 1. The summed E-state index contributed by atoms with van der Waals surface area (Å²) in [6.45, 7) is 3.98. The zero-order chi connectivity index (χ0) is 13.3. The van der Waals surface area contributed by atoms with Crippen molar-refractivity contribution in [1.29, 1.82) is 0 Å². The van der Waals surface area contributed by atoms with E-state index >= 15 is 0 Å². The van der Waals surface area contributed by atoms with Crippen molar-refractivity contribution in [3.05, 3.63) is 38.3 Å². The van der Waals surface area contributed by atoms with Crippen LogP contribution in [0, 0.1) is 13.8 Å². The molecular formula is C11H9BrCl2N4. The topological polar surface area (TPSA) is 50.7 Å². The van der Waals surface area contributed by atoms with Crippen molar-refractivity contribution in [3.8, 4) is 0 Å². The van der Waals surface area contributed by atoms with Gasteiger partial charge in [0.25, 0.3) is 0 Å². The lowest BCUT2D eigenvalue weighted by molar-refractivity contribution is 1.05. The van der Waals surface area contributed by atoms with Crippen molar-refractivity contribution in [2.24, 2.45) is 0 Å². The minimum absolute atomic E-state index is 0.0601. The third kappa shape index (κ3) is 3.10. The molecule has 0 spiro atoms. The highest BCUT2D eigenvalue weighted by Crippen LogP contribution is 2.27. The van der Waals surface area contributed by atoms with E-state index in [0.29, 0.717) is 5.95 Å². The number of hydrogen-bond donors (Lipinski definition) is 1. The van der Waals surface area contributed by atoms with E-state index in [4.69, 9.17) is 23.2 Å². The molecular weight excluding hydrogens is 339 g/mol. The number of aryl methyl sites for hydroxylation is 2. The number of nitrogens with one attached hydrogen (secondary N) is 1. The molecule has 0 radical (unpaired) electrons. The highest BCUT2D eigenvalue weighted by Gasteiger charge is 2.08. The Balaban J connectivity index is 2.40. The number of hydrogen-bond acceptors (Lipinski definition) is 4. The summed E-state index contributed by atoms with van der Waals surface area (Å²) in [5, 5.41) is 3.22. The lowest BCUT2D eigenvalue weighted by Crippen LogP contribution is -2.02. The first-order valence-electron chi connectivity index (χ1n) is 5.06. The molecule has 0 aliphatic carbocycles. The Morgan fingerprint density at radius 1 is 1.00 bits per heavy atom. The quantitative estimate of drug-likeness (QED) is 0.879. The van der Waals surface area contributed by atoms with Crippen LogP contribution in [0.25, 0.3) is 0 Å². The Morgan fingerprint density at radius 2 is 1.50 bits per heavy atom. The van der Waals surface area contributed by atoms with Crippen molar-refractivity contribution >= 4 is 50.8 Å². The van der Waals surface area contributed by atoms with Crippen LogP contribution in [0.4, 0.5) is 11.6 Å². The first-order valence-corrected chi connectivity index (χ1v) is 6.61. The Morgan fingerprint density at radius 3 is 2.00 bits per heavy atom. The van der Waals surface area contributed by atoms with E-state index in [1.54, 1.807) is 0 Å². The van der Waals surface area contributed by atoms with Gasteiger partial charge in [0.15, 0.2) is 0 Å². The maximum absolute atomic E-state index is 5.73. The van der Waals surface area contributed by atoms with E-state index in [1.807, 2.05) is 26.0 Å². The molecule has 0 aliphatic rings. The molecule has 0 unspecified atom stereocenters. The van der Waals surface area contributed by atoms with E-state index < -0.39 is 0 Å². The van der Waals surface area contributed by atoms with Gasteiger partial charge in [0, 0.05) is 10.2 Å². The minimum Gasteiger partial charge on any atom is -0.324 e. The van der Waals surface area contributed by atoms with Gasteiger partial charge in [-0.2, -0.15) is 15.0 Å². The van der Waals surface area contributed by atoms with E-state index in [-0.39, 0.29) is 10.6 Å². The normalized spacial score (nSPS) is 10.5. The maximum Gasteiger partial charge on any atom is 0.232 e. The standard InChI is InChI=1S/C11H9BrCl2N4/c1-5-3-7(12)4-6(2)8(5)15-11-17-9(13)16-10(14)18-11/h3-4H,1-2H3,(H,15,16,17,18). The molecule has 7 heteroatoms. The Bertz CT molecular complexity index is 560. The van der Waals surface area contributed by atoms with E-state index in [2.05, 4.69) is 36.2 Å². The second-order valence-corrected chi connectivity index (χ2v) is 5.33. The fourth-order valence-corrected chi connectivity index (χ4v) is 2.65. The molecule has 18 heavy (non-hydrogen) atoms. The molecule has 1 N–H and O–H groups in total. The van der Waals surface area contributed by atoms with Crippen LogP contribution in [0.15, 0.2) is 16.6 Å². The van der Waals surface area contributed by atoms with Crippen molar-refractivity contribution in [2.45, 2.75) is 13.8 Å². The van der Waals surface area contributed by atoms with Crippen LogP contribution < -0.4 is 5.32 Å². The molecule has 2 rings (SSSR count). The smallest absolute Gasteiger partial charge is 0.232 e. The summed E-state index contributed by atoms with van der Waals surface area (Å²) < 4.78 is 1.02. The predicted molar refractivity (Wildman–Crippen MR) is 76.7 cm³/mol. The second kappa shape index (κ2) is 5.38. The Hall–Kier alpha value is -0.910. The van der Waals surface area contributed by atoms with Crippen LogP contribution in [0.3, 0.4) is 0 Å². The van der Waals surface area contributed by atoms with Crippen LogP contribution in [-0.4, -0.2) is 15.0 Å². The van der Waals surface area contributed by atoms with Gasteiger partial charge in [0.1, 0.15) is 0 Å². The van der Waals surface area contributed by atoms with E-state index in [1.165, 1.54) is 0 Å². The highest BCUT2D eigenvalue weighted by molar-refractivity contribution is 9.10. The van der Waals surface area contributed by atoms with Gasteiger partial charge < -0.3 is 5.32 Å². The SMILES string of the molecule is Cc1cc(Br)cc(C)c1Nc1nc(Cl)nc(Cl)n1. The van der Waals surface area contributed by atoms with Gasteiger partial charge >= 0.3 is 0 Å². The molecule has 0 fully saturated rings. The van der Waals surface area contributed by atoms with Crippen molar-refractivity contribution in [1.82, 2.24) is 15.0 Å². The summed E-state index contributed by atoms with van der Waals surface area (Å²) >= 11 is 14.9. The van der Waals surface area contributed by atoms with Crippen molar-refractivity contribution in [2.75, 3.05) is 5.32 Å². The highest BCUT2D eigenvalue weighted by atomic mass is 79.9. The molecule has 0 saturated carbocycles. The predicted octanol–water partition coefficient (Wildman–Crippen LogP) is 4.30. The number of aromatic nitrogens is 3. The summed E-state index contributed by atoms with van der Waals surface area (Å²) in [7, 11) is 0. The second-order valence-electron chi connectivity index (χ2n) is 3.74. The van der Waals surface area contributed by atoms with Gasteiger partial charge in [-0.25, -0.2) is 0 Å². The molecule has 0 saturated heterocycles. The minimum atomic E-state index is 0.0601. The average Bonchev–Trinajstić information content (AvgIpc) is 2.22. The number of anilines is 2. The zero-order valence-corrected chi connectivity index (χ0v) is 12.7. The number of nitrogens with zero attached hydrogens (tertiary/aromatic N) is 3. The van der Waals surface area contributed by atoms with Gasteiger partial charge in [-0.05, 0) is 60.3 Å². The lowest BCUT2D eigenvalue weighted by atomic mass is 10.1. The summed E-state index contributed by atoms with van der Waals surface area (Å²) in [5.41, 5.74) is 3.06. The molecule has 94 valence electrons. The lowest BCUT2D eigenvalue weighted by Gasteiger charge is -2.12. The third-order valence-corrected chi connectivity index (χ3v) is 3.11. The van der Waals surface area contributed by atoms with Gasteiger partial charge in [-0.3, -0.25) is 0 Å². The average molecular weight is 348 g/mol. The van der Waals surface area contributed by atoms with Crippen LogP contribution in [-0.2, 0) is 0 Å². The Kier molecular flexibility index (Phi) is 4.04. The van der Waals surface area contributed by atoms with Crippen molar-refractivity contribution < 1.29 is 0 Å². The van der Waals surface area contributed by atoms with Crippen molar-refractivity contribution in [3.63, 3.8) is 0 Å².